The molecule has 0 fully saturated rings. The molecule has 2 aromatic carbocycles. The third kappa shape index (κ3) is 3.07. The van der Waals surface area contributed by atoms with E-state index < -0.39 is 4.92 Å². The van der Waals surface area contributed by atoms with E-state index in [1.807, 2.05) is 32.0 Å². The van der Waals surface area contributed by atoms with Gasteiger partial charge in [-0.15, -0.1) is 0 Å². The van der Waals surface area contributed by atoms with Crippen molar-refractivity contribution in [1.29, 1.82) is 0 Å². The average molecular weight is 329 g/mol. The van der Waals surface area contributed by atoms with Crippen LogP contribution in [0.2, 0.25) is 5.15 Å². The molecule has 1 N–H and O–H groups in total. The van der Waals surface area contributed by atoms with Gasteiger partial charge in [0.25, 0.3) is 5.69 Å². The normalized spacial score (nSPS) is 10.7. The summed E-state index contributed by atoms with van der Waals surface area (Å²) in [6, 6.07) is 10.2. The molecule has 0 aliphatic rings. The molecular formula is C16H13ClN4O2. The van der Waals surface area contributed by atoms with E-state index in [2.05, 4.69) is 15.3 Å². The summed E-state index contributed by atoms with van der Waals surface area (Å²) in [5.74, 6) is 0.413. The van der Waals surface area contributed by atoms with E-state index in [0.29, 0.717) is 16.9 Å². The third-order valence-electron chi connectivity index (χ3n) is 3.59. The minimum absolute atomic E-state index is 0.0438. The number of benzene rings is 2. The van der Waals surface area contributed by atoms with Gasteiger partial charge in [-0.2, -0.15) is 0 Å². The maximum absolute atomic E-state index is 10.8. The second kappa shape index (κ2) is 5.81. The summed E-state index contributed by atoms with van der Waals surface area (Å²) in [5, 5.41) is 14.1. The molecule has 3 rings (SSSR count). The number of aryl methyl sites for hydroxylation is 2. The van der Waals surface area contributed by atoms with Gasteiger partial charge in [0.05, 0.1) is 16.0 Å². The van der Waals surface area contributed by atoms with Gasteiger partial charge >= 0.3 is 0 Å². The molecule has 0 bridgehead atoms. The summed E-state index contributed by atoms with van der Waals surface area (Å²) in [6.07, 6.45) is 0. The van der Waals surface area contributed by atoms with Gasteiger partial charge in [-0.3, -0.25) is 10.1 Å². The summed E-state index contributed by atoms with van der Waals surface area (Å²) >= 11 is 6.15. The highest BCUT2D eigenvalue weighted by molar-refractivity contribution is 6.32. The molecule has 0 aliphatic heterocycles. The third-order valence-corrected chi connectivity index (χ3v) is 3.85. The molecule has 0 amide bonds. The van der Waals surface area contributed by atoms with Crippen LogP contribution in [0.5, 0.6) is 0 Å². The first-order valence-corrected chi connectivity index (χ1v) is 7.28. The van der Waals surface area contributed by atoms with Gasteiger partial charge in [0.15, 0.2) is 11.0 Å². The smallest absolute Gasteiger partial charge is 0.271 e. The highest BCUT2D eigenvalue weighted by Crippen LogP contribution is 2.27. The van der Waals surface area contributed by atoms with Crippen LogP contribution in [-0.4, -0.2) is 14.9 Å². The van der Waals surface area contributed by atoms with Crippen molar-refractivity contribution in [2.45, 2.75) is 13.8 Å². The molecule has 1 heterocycles. The van der Waals surface area contributed by atoms with E-state index >= 15 is 0 Å². The largest absolute Gasteiger partial charge is 0.338 e. The van der Waals surface area contributed by atoms with Gasteiger partial charge in [0, 0.05) is 17.8 Å². The Morgan fingerprint density at radius 2 is 1.83 bits per heavy atom. The number of nitrogens with zero attached hydrogens (tertiary/aromatic N) is 3. The molecule has 0 spiro atoms. The number of anilines is 2. The fourth-order valence-corrected chi connectivity index (χ4v) is 2.35. The standard InChI is InChI=1S/C16H13ClN4O2/c1-9-3-4-11(7-10(9)2)18-16-15(17)19-14-8-12(21(22)23)5-6-13(14)20-16/h3-8H,1-2H3,(H,18,20). The molecule has 7 heteroatoms. The first kappa shape index (κ1) is 15.2. The minimum atomic E-state index is -0.476. The molecule has 0 unspecified atom stereocenters. The first-order valence-electron chi connectivity index (χ1n) is 6.90. The molecule has 116 valence electrons. The number of rotatable bonds is 3. The van der Waals surface area contributed by atoms with E-state index in [0.717, 1.165) is 11.3 Å². The van der Waals surface area contributed by atoms with Crippen LogP contribution < -0.4 is 5.32 Å². The van der Waals surface area contributed by atoms with E-state index in [4.69, 9.17) is 11.6 Å². The fraction of sp³-hybridized carbons (Fsp3) is 0.125. The molecular weight excluding hydrogens is 316 g/mol. The van der Waals surface area contributed by atoms with Crippen molar-refractivity contribution in [2.24, 2.45) is 0 Å². The lowest BCUT2D eigenvalue weighted by Gasteiger charge is -2.10. The lowest BCUT2D eigenvalue weighted by atomic mass is 10.1. The van der Waals surface area contributed by atoms with Crippen molar-refractivity contribution in [3.05, 3.63) is 62.8 Å². The second-order valence-electron chi connectivity index (χ2n) is 5.22. The zero-order chi connectivity index (χ0) is 16.6. The average Bonchev–Trinajstić information content (AvgIpc) is 2.51. The molecule has 0 saturated heterocycles. The highest BCUT2D eigenvalue weighted by atomic mass is 35.5. The summed E-state index contributed by atoms with van der Waals surface area (Å²) in [7, 11) is 0. The molecule has 3 aromatic rings. The Morgan fingerprint density at radius 1 is 1.04 bits per heavy atom. The molecule has 0 aliphatic carbocycles. The van der Waals surface area contributed by atoms with Crippen LogP contribution in [-0.2, 0) is 0 Å². The number of nitro benzene ring substituents is 1. The first-order chi connectivity index (χ1) is 10.9. The summed E-state index contributed by atoms with van der Waals surface area (Å²) in [5.41, 5.74) is 4.07. The Hall–Kier alpha value is -2.73. The van der Waals surface area contributed by atoms with Crippen molar-refractivity contribution in [3.63, 3.8) is 0 Å². The van der Waals surface area contributed by atoms with Crippen LogP contribution in [0, 0.1) is 24.0 Å². The highest BCUT2D eigenvalue weighted by Gasteiger charge is 2.12. The summed E-state index contributed by atoms with van der Waals surface area (Å²) in [6.45, 7) is 4.06. The number of fused-ring (bicyclic) bond motifs is 1. The maximum atomic E-state index is 10.8. The van der Waals surface area contributed by atoms with Crippen molar-refractivity contribution in [1.82, 2.24) is 9.97 Å². The predicted molar refractivity (Wildman–Crippen MR) is 90.4 cm³/mol. The van der Waals surface area contributed by atoms with Crippen LogP contribution in [0.25, 0.3) is 11.0 Å². The quantitative estimate of drug-likeness (QED) is 0.563. The Morgan fingerprint density at radius 3 is 2.52 bits per heavy atom. The van der Waals surface area contributed by atoms with E-state index in [9.17, 15) is 10.1 Å². The molecule has 0 atom stereocenters. The number of aromatic nitrogens is 2. The fourth-order valence-electron chi connectivity index (χ4n) is 2.17. The van der Waals surface area contributed by atoms with Crippen LogP contribution in [0.4, 0.5) is 17.2 Å². The predicted octanol–water partition coefficient (Wildman–Crippen LogP) is 4.55. The molecule has 1 aromatic heterocycles. The van der Waals surface area contributed by atoms with Crippen molar-refractivity contribution in [3.8, 4) is 0 Å². The van der Waals surface area contributed by atoms with Gasteiger partial charge < -0.3 is 5.32 Å². The monoisotopic (exact) mass is 328 g/mol. The van der Waals surface area contributed by atoms with Gasteiger partial charge in [-0.25, -0.2) is 9.97 Å². The second-order valence-corrected chi connectivity index (χ2v) is 5.58. The van der Waals surface area contributed by atoms with Gasteiger partial charge in [-0.1, -0.05) is 17.7 Å². The molecule has 0 saturated carbocycles. The number of hydrogen-bond donors (Lipinski definition) is 1. The number of halogens is 1. The maximum Gasteiger partial charge on any atom is 0.271 e. The molecule has 0 radical (unpaired) electrons. The lowest BCUT2D eigenvalue weighted by Crippen LogP contribution is -1.98. The van der Waals surface area contributed by atoms with E-state index in [-0.39, 0.29) is 10.8 Å². The lowest BCUT2D eigenvalue weighted by molar-refractivity contribution is -0.384. The van der Waals surface area contributed by atoms with Crippen LogP contribution >= 0.6 is 11.6 Å². The van der Waals surface area contributed by atoms with E-state index in [1.54, 1.807) is 6.07 Å². The van der Waals surface area contributed by atoms with Crippen LogP contribution in [0.15, 0.2) is 36.4 Å². The minimum Gasteiger partial charge on any atom is -0.338 e. The number of nitro groups is 1. The number of non-ortho nitro benzene ring substituents is 1. The SMILES string of the molecule is Cc1ccc(Nc2nc3ccc([N+](=O)[O-])cc3nc2Cl)cc1C. The Labute approximate surface area is 137 Å². The Balaban J connectivity index is 2.01. The van der Waals surface area contributed by atoms with Gasteiger partial charge in [0.2, 0.25) is 0 Å². The van der Waals surface area contributed by atoms with Crippen molar-refractivity contribution in [2.75, 3.05) is 5.32 Å². The Kier molecular flexibility index (Phi) is 3.83. The summed E-state index contributed by atoms with van der Waals surface area (Å²) in [4.78, 5) is 18.9. The van der Waals surface area contributed by atoms with Crippen LogP contribution in [0.3, 0.4) is 0 Å². The Bertz CT molecular complexity index is 927. The van der Waals surface area contributed by atoms with Crippen molar-refractivity contribution >= 4 is 39.8 Å². The topological polar surface area (TPSA) is 81.0 Å². The van der Waals surface area contributed by atoms with Crippen LogP contribution in [0.1, 0.15) is 11.1 Å². The van der Waals surface area contributed by atoms with E-state index in [1.165, 1.54) is 17.7 Å². The summed E-state index contributed by atoms with van der Waals surface area (Å²) < 4.78 is 0. The zero-order valence-corrected chi connectivity index (χ0v) is 13.3. The van der Waals surface area contributed by atoms with Gasteiger partial charge in [-0.05, 0) is 43.2 Å². The number of nitrogens with one attached hydrogen (secondary N) is 1. The zero-order valence-electron chi connectivity index (χ0n) is 12.5. The number of hydrogen-bond acceptors (Lipinski definition) is 5. The van der Waals surface area contributed by atoms with Crippen molar-refractivity contribution < 1.29 is 4.92 Å². The molecule has 23 heavy (non-hydrogen) atoms. The molecule has 6 nitrogen and oxygen atoms in total. The van der Waals surface area contributed by atoms with Gasteiger partial charge in [0.1, 0.15) is 0 Å².